The van der Waals surface area contributed by atoms with Crippen LogP contribution in [0.15, 0.2) is 90.0 Å². The van der Waals surface area contributed by atoms with Crippen LogP contribution < -0.4 is 15.5 Å². The minimum atomic E-state index is -0.556. The van der Waals surface area contributed by atoms with E-state index in [1.807, 2.05) is 43.3 Å². The number of fused-ring (bicyclic) bond motifs is 1. The van der Waals surface area contributed by atoms with E-state index in [9.17, 15) is 14.4 Å². The Hall–Kier alpha value is -4.49. The minimum absolute atomic E-state index is 0.252. The van der Waals surface area contributed by atoms with Gasteiger partial charge in [-0.1, -0.05) is 59.6 Å². The van der Waals surface area contributed by atoms with Gasteiger partial charge < -0.3 is 10.1 Å². The van der Waals surface area contributed by atoms with Crippen LogP contribution in [0.3, 0.4) is 0 Å². The number of amides is 2. The summed E-state index contributed by atoms with van der Waals surface area (Å²) in [7, 11) is 0. The molecule has 4 rings (SSSR count). The highest BCUT2D eigenvalue weighted by Crippen LogP contribution is 2.27. The number of ether oxygens (including phenoxy) is 1. The predicted octanol–water partition coefficient (Wildman–Crippen LogP) is 4.90. The molecule has 0 bridgehead atoms. The maximum atomic E-state index is 12.7. The largest absolute Gasteiger partial charge is 0.422 e. The highest BCUT2D eigenvalue weighted by Gasteiger charge is 2.14. The summed E-state index contributed by atoms with van der Waals surface area (Å²) in [5.74, 6) is -1.14. The summed E-state index contributed by atoms with van der Waals surface area (Å²) in [4.78, 5) is 37.1. The first kappa shape index (κ1) is 24.6. The summed E-state index contributed by atoms with van der Waals surface area (Å²) < 4.78 is 5.63. The van der Waals surface area contributed by atoms with Gasteiger partial charge in [-0.15, -0.1) is 0 Å². The monoisotopic (exact) mass is 499 g/mol. The molecular formula is C28H22ClN3O4. The van der Waals surface area contributed by atoms with Crippen molar-refractivity contribution in [3.05, 3.63) is 112 Å². The standard InChI is InChI=1S/C28H22ClN3O4/c1-18-5-4-7-21(15-18)27(34)30-17-26(33)32-31-16-24-23-8-3-2-6-19(23)11-14-25(24)36-28(35)20-9-12-22(29)13-10-20/h2-16H,17H2,1H3,(H,30,34)(H,32,33)/b31-16+. The topological polar surface area (TPSA) is 96.9 Å². The van der Waals surface area contributed by atoms with Crippen LogP contribution in [-0.4, -0.2) is 30.5 Å². The van der Waals surface area contributed by atoms with Crippen molar-refractivity contribution >= 4 is 46.4 Å². The first-order chi connectivity index (χ1) is 17.4. The molecule has 0 aliphatic rings. The molecule has 2 N–H and O–H groups in total. The molecule has 7 nitrogen and oxygen atoms in total. The molecule has 0 aromatic heterocycles. The SMILES string of the molecule is Cc1cccc(C(=O)NCC(=O)N/N=C/c2c(OC(=O)c3ccc(Cl)cc3)ccc3ccccc23)c1. The van der Waals surface area contributed by atoms with Gasteiger partial charge in [-0.25, -0.2) is 10.2 Å². The summed E-state index contributed by atoms with van der Waals surface area (Å²) in [5.41, 5.74) is 4.66. The fourth-order valence-corrected chi connectivity index (χ4v) is 3.63. The Kier molecular flexibility index (Phi) is 7.72. The second-order valence-corrected chi connectivity index (χ2v) is 8.38. The van der Waals surface area contributed by atoms with Crippen LogP contribution in [-0.2, 0) is 4.79 Å². The molecule has 0 atom stereocenters. The molecule has 0 aliphatic heterocycles. The summed E-state index contributed by atoms with van der Waals surface area (Å²) >= 11 is 5.90. The summed E-state index contributed by atoms with van der Waals surface area (Å²) in [5, 5.41) is 8.78. The lowest BCUT2D eigenvalue weighted by molar-refractivity contribution is -0.120. The average molecular weight is 500 g/mol. The van der Waals surface area contributed by atoms with Crippen molar-refractivity contribution in [1.29, 1.82) is 0 Å². The molecule has 0 fully saturated rings. The third-order valence-electron chi connectivity index (χ3n) is 5.29. The van der Waals surface area contributed by atoms with E-state index >= 15 is 0 Å². The number of carbonyl (C=O) groups is 3. The van der Waals surface area contributed by atoms with Crippen molar-refractivity contribution in [1.82, 2.24) is 10.7 Å². The molecular weight excluding hydrogens is 478 g/mol. The highest BCUT2D eigenvalue weighted by atomic mass is 35.5. The third kappa shape index (κ3) is 6.14. The molecule has 0 aliphatic carbocycles. The Bertz CT molecular complexity index is 1470. The maximum Gasteiger partial charge on any atom is 0.343 e. The van der Waals surface area contributed by atoms with Gasteiger partial charge >= 0.3 is 5.97 Å². The quantitative estimate of drug-likeness (QED) is 0.163. The van der Waals surface area contributed by atoms with E-state index in [1.165, 1.54) is 6.21 Å². The Balaban J connectivity index is 1.47. The minimum Gasteiger partial charge on any atom is -0.422 e. The number of benzene rings is 4. The molecule has 8 heteroatoms. The van der Waals surface area contributed by atoms with Crippen LogP contribution in [0.2, 0.25) is 5.02 Å². The van der Waals surface area contributed by atoms with E-state index in [2.05, 4.69) is 15.8 Å². The molecule has 0 heterocycles. The number of aryl methyl sites for hydroxylation is 1. The smallest absolute Gasteiger partial charge is 0.343 e. The summed E-state index contributed by atoms with van der Waals surface area (Å²) in [6.07, 6.45) is 1.41. The number of nitrogens with zero attached hydrogens (tertiary/aromatic N) is 1. The van der Waals surface area contributed by atoms with Gasteiger partial charge in [0, 0.05) is 16.1 Å². The molecule has 0 radical (unpaired) electrons. The zero-order valence-corrected chi connectivity index (χ0v) is 20.1. The average Bonchev–Trinajstić information content (AvgIpc) is 2.88. The molecule has 0 saturated carbocycles. The van der Waals surface area contributed by atoms with Gasteiger partial charge in [0.2, 0.25) is 0 Å². The summed E-state index contributed by atoms with van der Waals surface area (Å²) in [6.45, 7) is 1.63. The van der Waals surface area contributed by atoms with Crippen LogP contribution in [0, 0.1) is 6.92 Å². The molecule has 180 valence electrons. The first-order valence-electron chi connectivity index (χ1n) is 11.1. The van der Waals surface area contributed by atoms with Crippen LogP contribution in [0.4, 0.5) is 0 Å². The van der Waals surface area contributed by atoms with Crippen molar-refractivity contribution < 1.29 is 19.1 Å². The van der Waals surface area contributed by atoms with Gasteiger partial charge in [-0.05, 0) is 60.2 Å². The summed E-state index contributed by atoms with van der Waals surface area (Å²) in [6, 6.07) is 24.4. The Labute approximate surface area is 212 Å². The number of halogens is 1. The fraction of sp³-hybridized carbons (Fsp3) is 0.0714. The molecule has 2 amide bonds. The molecule has 4 aromatic carbocycles. The molecule has 0 unspecified atom stereocenters. The zero-order chi connectivity index (χ0) is 25.5. The highest BCUT2D eigenvalue weighted by molar-refractivity contribution is 6.30. The Morgan fingerprint density at radius 3 is 2.47 bits per heavy atom. The third-order valence-corrected chi connectivity index (χ3v) is 5.54. The lowest BCUT2D eigenvalue weighted by Gasteiger charge is -2.11. The number of esters is 1. The number of hydrogen-bond donors (Lipinski definition) is 2. The normalized spacial score (nSPS) is 10.8. The van der Waals surface area contributed by atoms with E-state index in [-0.39, 0.29) is 18.2 Å². The lowest BCUT2D eigenvalue weighted by Crippen LogP contribution is -2.34. The lowest BCUT2D eigenvalue weighted by atomic mass is 10.0. The van der Waals surface area contributed by atoms with Gasteiger partial charge in [-0.2, -0.15) is 5.10 Å². The second-order valence-electron chi connectivity index (χ2n) is 7.94. The van der Waals surface area contributed by atoms with Crippen molar-refractivity contribution in [2.45, 2.75) is 6.92 Å². The maximum absolute atomic E-state index is 12.7. The zero-order valence-electron chi connectivity index (χ0n) is 19.3. The van der Waals surface area contributed by atoms with Crippen LogP contribution in [0.25, 0.3) is 10.8 Å². The number of rotatable bonds is 7. The fourth-order valence-electron chi connectivity index (χ4n) is 3.50. The van der Waals surface area contributed by atoms with Gasteiger partial charge in [0.1, 0.15) is 5.75 Å². The van der Waals surface area contributed by atoms with Gasteiger partial charge in [0.15, 0.2) is 0 Å². The Morgan fingerprint density at radius 1 is 0.917 bits per heavy atom. The number of carbonyl (C=O) groups excluding carboxylic acids is 3. The number of nitrogens with one attached hydrogen (secondary N) is 2. The van der Waals surface area contributed by atoms with E-state index in [1.54, 1.807) is 48.5 Å². The van der Waals surface area contributed by atoms with Gasteiger partial charge in [0.05, 0.1) is 18.3 Å². The van der Waals surface area contributed by atoms with E-state index in [4.69, 9.17) is 16.3 Å². The van der Waals surface area contributed by atoms with Crippen molar-refractivity contribution in [2.24, 2.45) is 5.10 Å². The van der Waals surface area contributed by atoms with Gasteiger partial charge in [-0.3, -0.25) is 9.59 Å². The van der Waals surface area contributed by atoms with Gasteiger partial charge in [0.25, 0.3) is 11.8 Å². The molecule has 36 heavy (non-hydrogen) atoms. The first-order valence-corrected chi connectivity index (χ1v) is 11.4. The van der Waals surface area contributed by atoms with Crippen molar-refractivity contribution in [3.63, 3.8) is 0 Å². The second kappa shape index (κ2) is 11.3. The van der Waals surface area contributed by atoms with E-state index < -0.39 is 11.9 Å². The molecule has 0 spiro atoms. The van der Waals surface area contributed by atoms with Crippen molar-refractivity contribution in [2.75, 3.05) is 6.54 Å². The van der Waals surface area contributed by atoms with Crippen LogP contribution in [0.1, 0.15) is 31.8 Å². The van der Waals surface area contributed by atoms with Crippen LogP contribution >= 0.6 is 11.6 Å². The number of hydrogen-bond acceptors (Lipinski definition) is 5. The van der Waals surface area contributed by atoms with Crippen molar-refractivity contribution in [3.8, 4) is 5.75 Å². The van der Waals surface area contributed by atoms with E-state index in [0.717, 1.165) is 16.3 Å². The van der Waals surface area contributed by atoms with Crippen LogP contribution in [0.5, 0.6) is 5.75 Å². The molecule has 0 saturated heterocycles. The van der Waals surface area contributed by atoms with E-state index in [0.29, 0.717) is 21.7 Å². The Morgan fingerprint density at radius 2 is 1.69 bits per heavy atom. The molecule has 4 aromatic rings. The predicted molar refractivity (Wildman–Crippen MR) is 140 cm³/mol. The number of hydrazone groups is 1.